The highest BCUT2D eigenvalue weighted by Gasteiger charge is 2.19. The molecule has 6 nitrogen and oxygen atoms in total. The normalized spacial score (nSPS) is 12.1. The number of nitrogens with zero attached hydrogens (tertiary/aromatic N) is 3. The number of nitrogens with one attached hydrogen (secondary N) is 1. The summed E-state index contributed by atoms with van der Waals surface area (Å²) in [5.74, 6) is -0.123. The third kappa shape index (κ3) is 3.92. The molecule has 0 saturated carbocycles. The zero-order chi connectivity index (χ0) is 17.1. The summed E-state index contributed by atoms with van der Waals surface area (Å²) in [6.45, 7) is 3.81. The highest BCUT2D eigenvalue weighted by molar-refractivity contribution is 8.02. The molecule has 0 radical (unpaired) electrons. The predicted octanol–water partition coefficient (Wildman–Crippen LogP) is 3.67. The average Bonchev–Trinajstić information content (AvgIpc) is 3.13. The molecule has 0 spiro atoms. The number of rotatable bonds is 5. The van der Waals surface area contributed by atoms with Gasteiger partial charge in [0, 0.05) is 10.4 Å². The van der Waals surface area contributed by atoms with Crippen LogP contribution in [0, 0.1) is 6.92 Å². The first-order valence-corrected chi connectivity index (χ1v) is 9.63. The summed E-state index contributed by atoms with van der Waals surface area (Å²) in [5.41, 5.74) is 7.49. The monoisotopic (exact) mass is 377 g/mol. The van der Waals surface area contributed by atoms with E-state index in [4.69, 9.17) is 5.73 Å². The van der Waals surface area contributed by atoms with Crippen LogP contribution in [0.3, 0.4) is 0 Å². The minimum absolute atomic E-state index is 0.123. The SMILES string of the molecule is Cc1sc(NC(=O)[C@H](C)Sc2nnc(N)s2)nc1-c1ccccc1. The van der Waals surface area contributed by atoms with E-state index in [9.17, 15) is 4.79 Å². The van der Waals surface area contributed by atoms with E-state index in [-0.39, 0.29) is 11.2 Å². The number of hydrogen-bond acceptors (Lipinski definition) is 8. The molecule has 0 bridgehead atoms. The van der Waals surface area contributed by atoms with Crippen LogP contribution < -0.4 is 11.1 Å². The molecule has 124 valence electrons. The molecule has 0 aliphatic rings. The van der Waals surface area contributed by atoms with Gasteiger partial charge in [-0.2, -0.15) is 0 Å². The second kappa shape index (κ2) is 7.29. The number of thiazole rings is 1. The number of carbonyl (C=O) groups is 1. The van der Waals surface area contributed by atoms with Crippen LogP contribution in [0.25, 0.3) is 11.3 Å². The Bertz CT molecular complexity index is 846. The van der Waals surface area contributed by atoms with Crippen molar-refractivity contribution < 1.29 is 4.79 Å². The second-order valence-electron chi connectivity index (χ2n) is 4.95. The van der Waals surface area contributed by atoms with Crippen LogP contribution in [0.5, 0.6) is 0 Å². The summed E-state index contributed by atoms with van der Waals surface area (Å²) in [4.78, 5) is 17.9. The summed E-state index contributed by atoms with van der Waals surface area (Å²) in [6.07, 6.45) is 0. The Kier molecular flexibility index (Phi) is 5.12. The Hall–Kier alpha value is -1.97. The maximum absolute atomic E-state index is 12.3. The highest BCUT2D eigenvalue weighted by Crippen LogP contribution is 2.32. The smallest absolute Gasteiger partial charge is 0.239 e. The van der Waals surface area contributed by atoms with Crippen LogP contribution in [0.1, 0.15) is 11.8 Å². The summed E-state index contributed by atoms with van der Waals surface area (Å²) in [5, 5.41) is 11.2. The quantitative estimate of drug-likeness (QED) is 0.659. The van der Waals surface area contributed by atoms with Crippen LogP contribution in [0.2, 0.25) is 0 Å². The Balaban J connectivity index is 1.68. The molecule has 0 aliphatic carbocycles. The first-order chi connectivity index (χ1) is 11.5. The summed E-state index contributed by atoms with van der Waals surface area (Å²) >= 11 is 4.07. The van der Waals surface area contributed by atoms with Crippen molar-refractivity contribution in [1.82, 2.24) is 15.2 Å². The zero-order valence-corrected chi connectivity index (χ0v) is 15.5. The molecule has 1 amide bonds. The third-order valence-corrected chi connectivity index (χ3v) is 5.97. The molecule has 2 aromatic heterocycles. The summed E-state index contributed by atoms with van der Waals surface area (Å²) in [7, 11) is 0. The van der Waals surface area contributed by atoms with Crippen LogP contribution in [-0.2, 0) is 4.79 Å². The van der Waals surface area contributed by atoms with E-state index in [2.05, 4.69) is 20.5 Å². The van der Waals surface area contributed by atoms with Crippen molar-refractivity contribution in [3.63, 3.8) is 0 Å². The van der Waals surface area contributed by atoms with E-state index in [1.807, 2.05) is 44.2 Å². The van der Waals surface area contributed by atoms with Crippen LogP contribution in [-0.4, -0.2) is 26.3 Å². The number of aryl methyl sites for hydroxylation is 1. The van der Waals surface area contributed by atoms with E-state index in [1.165, 1.54) is 34.4 Å². The highest BCUT2D eigenvalue weighted by atomic mass is 32.2. The first-order valence-electron chi connectivity index (χ1n) is 7.12. The van der Waals surface area contributed by atoms with Crippen molar-refractivity contribution in [1.29, 1.82) is 0 Å². The number of nitrogen functional groups attached to an aromatic ring is 1. The van der Waals surface area contributed by atoms with Crippen molar-refractivity contribution in [3.8, 4) is 11.3 Å². The number of hydrogen-bond donors (Lipinski definition) is 2. The lowest BCUT2D eigenvalue weighted by Crippen LogP contribution is -2.22. The van der Waals surface area contributed by atoms with E-state index in [0.717, 1.165) is 16.1 Å². The summed E-state index contributed by atoms with van der Waals surface area (Å²) < 4.78 is 0.676. The number of benzene rings is 1. The fourth-order valence-corrected chi connectivity index (χ4v) is 4.61. The van der Waals surface area contributed by atoms with E-state index < -0.39 is 0 Å². The molecule has 1 aromatic carbocycles. The number of aromatic nitrogens is 3. The number of nitrogens with two attached hydrogens (primary N) is 1. The second-order valence-corrected chi connectivity index (χ2v) is 8.75. The van der Waals surface area contributed by atoms with Gasteiger partial charge in [-0.15, -0.1) is 21.5 Å². The van der Waals surface area contributed by atoms with Gasteiger partial charge in [0.05, 0.1) is 10.9 Å². The Labute approximate surface area is 151 Å². The van der Waals surface area contributed by atoms with Gasteiger partial charge < -0.3 is 11.1 Å². The summed E-state index contributed by atoms with van der Waals surface area (Å²) in [6, 6.07) is 9.92. The third-order valence-electron chi connectivity index (χ3n) is 3.14. The number of anilines is 2. The Morgan fingerprint density at radius 3 is 2.67 bits per heavy atom. The number of amides is 1. The molecular weight excluding hydrogens is 362 g/mol. The van der Waals surface area contributed by atoms with Crippen LogP contribution in [0.4, 0.5) is 10.3 Å². The van der Waals surface area contributed by atoms with Gasteiger partial charge in [0.15, 0.2) is 9.47 Å². The standard InChI is InChI=1S/C15H15N5OS3/c1-8-11(10-6-4-3-5-7-10)17-14(22-8)18-12(21)9(2)23-15-20-19-13(16)24-15/h3-7,9H,1-2H3,(H2,16,19)(H,17,18,21)/t9-/m0/s1. The molecule has 0 saturated heterocycles. The fraction of sp³-hybridized carbons (Fsp3) is 0.200. The van der Waals surface area contributed by atoms with Gasteiger partial charge in [-0.25, -0.2) is 4.98 Å². The van der Waals surface area contributed by atoms with Gasteiger partial charge in [0.2, 0.25) is 11.0 Å². The van der Waals surface area contributed by atoms with Crippen molar-refractivity contribution in [3.05, 3.63) is 35.2 Å². The molecule has 1 atom stereocenters. The lowest BCUT2D eigenvalue weighted by atomic mass is 10.1. The minimum Gasteiger partial charge on any atom is -0.374 e. The molecule has 3 rings (SSSR count). The van der Waals surface area contributed by atoms with Gasteiger partial charge in [0.25, 0.3) is 0 Å². The zero-order valence-electron chi connectivity index (χ0n) is 13.0. The first kappa shape index (κ1) is 16.9. The molecule has 24 heavy (non-hydrogen) atoms. The minimum atomic E-state index is -0.318. The lowest BCUT2D eigenvalue weighted by molar-refractivity contribution is -0.115. The molecule has 2 heterocycles. The average molecular weight is 378 g/mol. The van der Waals surface area contributed by atoms with Crippen molar-refractivity contribution in [2.75, 3.05) is 11.1 Å². The molecule has 3 N–H and O–H groups in total. The predicted molar refractivity (Wildman–Crippen MR) is 101 cm³/mol. The van der Waals surface area contributed by atoms with Gasteiger partial charge in [-0.3, -0.25) is 4.79 Å². The molecular formula is C15H15N5OS3. The topological polar surface area (TPSA) is 93.8 Å². The molecule has 0 aliphatic heterocycles. The van der Waals surface area contributed by atoms with Gasteiger partial charge in [-0.05, 0) is 13.8 Å². The molecule has 9 heteroatoms. The maximum Gasteiger partial charge on any atom is 0.239 e. The van der Waals surface area contributed by atoms with E-state index in [1.54, 1.807) is 0 Å². The van der Waals surface area contributed by atoms with Crippen LogP contribution in [0.15, 0.2) is 34.7 Å². The molecule has 3 aromatic rings. The van der Waals surface area contributed by atoms with Gasteiger partial charge >= 0.3 is 0 Å². The van der Waals surface area contributed by atoms with E-state index in [0.29, 0.717) is 14.6 Å². The van der Waals surface area contributed by atoms with Crippen molar-refractivity contribution >= 4 is 50.6 Å². The molecule has 0 fully saturated rings. The Morgan fingerprint density at radius 2 is 2.00 bits per heavy atom. The van der Waals surface area contributed by atoms with Crippen molar-refractivity contribution in [2.45, 2.75) is 23.4 Å². The van der Waals surface area contributed by atoms with Crippen molar-refractivity contribution in [2.24, 2.45) is 0 Å². The van der Waals surface area contributed by atoms with Gasteiger partial charge in [-0.1, -0.05) is 53.4 Å². The largest absolute Gasteiger partial charge is 0.374 e. The molecule has 0 unspecified atom stereocenters. The number of carbonyl (C=O) groups excluding carboxylic acids is 1. The Morgan fingerprint density at radius 1 is 1.25 bits per heavy atom. The van der Waals surface area contributed by atoms with E-state index >= 15 is 0 Å². The van der Waals surface area contributed by atoms with Crippen LogP contribution >= 0.6 is 34.4 Å². The maximum atomic E-state index is 12.3. The lowest BCUT2D eigenvalue weighted by Gasteiger charge is -2.07. The van der Waals surface area contributed by atoms with Gasteiger partial charge in [0.1, 0.15) is 0 Å². The fourth-order valence-electron chi connectivity index (χ4n) is 1.99. The number of thioether (sulfide) groups is 1.